The van der Waals surface area contributed by atoms with Gasteiger partial charge >= 0.3 is 0 Å². The first-order valence-corrected chi connectivity index (χ1v) is 5.97. The molecule has 0 aliphatic heterocycles. The molecule has 1 heterocycles. The van der Waals surface area contributed by atoms with Crippen molar-refractivity contribution in [2.45, 2.75) is 25.3 Å². The van der Waals surface area contributed by atoms with Gasteiger partial charge in [-0.1, -0.05) is 0 Å². The molecule has 1 aromatic heterocycles. The van der Waals surface area contributed by atoms with E-state index in [1.54, 1.807) is 6.92 Å². The van der Waals surface area contributed by atoms with Crippen LogP contribution in [0.4, 0.5) is 11.5 Å². The highest BCUT2D eigenvalue weighted by atomic mass is 79.9. The third-order valence-corrected chi connectivity index (χ3v) is 3.94. The van der Waals surface area contributed by atoms with E-state index in [2.05, 4.69) is 26.2 Å². The third kappa shape index (κ3) is 2.25. The number of hydrogen-bond donors (Lipinski definition) is 2. The Hall–Kier alpha value is -1.21. The van der Waals surface area contributed by atoms with Crippen LogP contribution >= 0.6 is 15.9 Å². The summed E-state index contributed by atoms with van der Waals surface area (Å²) in [4.78, 5) is 14.3. The van der Waals surface area contributed by atoms with Crippen LogP contribution in [-0.4, -0.2) is 27.2 Å². The van der Waals surface area contributed by atoms with Gasteiger partial charge in [-0.3, -0.25) is 10.1 Å². The SMILES string of the molecule is Cc1c([N+](=O)[O-])cnc(NC2(CO)CC2)c1Br. The monoisotopic (exact) mass is 301 g/mol. The molecule has 0 radical (unpaired) electrons. The quantitative estimate of drug-likeness (QED) is 0.656. The van der Waals surface area contributed by atoms with E-state index >= 15 is 0 Å². The lowest BCUT2D eigenvalue weighted by molar-refractivity contribution is -0.385. The van der Waals surface area contributed by atoms with Crippen molar-refractivity contribution in [1.29, 1.82) is 0 Å². The summed E-state index contributed by atoms with van der Waals surface area (Å²) in [5, 5.41) is 23.1. The topological polar surface area (TPSA) is 88.3 Å². The van der Waals surface area contributed by atoms with E-state index in [-0.39, 0.29) is 17.8 Å². The summed E-state index contributed by atoms with van der Waals surface area (Å²) in [6.07, 6.45) is 3.00. The minimum Gasteiger partial charge on any atom is -0.394 e. The first-order valence-electron chi connectivity index (χ1n) is 5.18. The molecule has 1 aliphatic carbocycles. The van der Waals surface area contributed by atoms with E-state index in [0.29, 0.717) is 15.9 Å². The van der Waals surface area contributed by atoms with Crippen LogP contribution < -0.4 is 5.32 Å². The molecule has 0 unspecified atom stereocenters. The molecule has 0 saturated heterocycles. The summed E-state index contributed by atoms with van der Waals surface area (Å²) < 4.78 is 0.575. The molecule has 1 saturated carbocycles. The number of pyridine rings is 1. The van der Waals surface area contributed by atoms with Crippen LogP contribution in [-0.2, 0) is 0 Å². The van der Waals surface area contributed by atoms with Gasteiger partial charge in [0.25, 0.3) is 5.69 Å². The fourth-order valence-corrected chi connectivity index (χ4v) is 1.97. The molecule has 17 heavy (non-hydrogen) atoms. The maximum Gasteiger partial charge on any atom is 0.291 e. The highest BCUT2D eigenvalue weighted by Crippen LogP contribution is 2.40. The Kier molecular flexibility index (Phi) is 3.05. The fraction of sp³-hybridized carbons (Fsp3) is 0.500. The summed E-state index contributed by atoms with van der Waals surface area (Å²) in [5.74, 6) is 0.541. The van der Waals surface area contributed by atoms with E-state index in [9.17, 15) is 15.2 Å². The summed E-state index contributed by atoms with van der Waals surface area (Å²) in [5.41, 5.74) is 0.218. The molecule has 7 heteroatoms. The van der Waals surface area contributed by atoms with Gasteiger partial charge < -0.3 is 10.4 Å². The number of nitrogens with one attached hydrogen (secondary N) is 1. The van der Waals surface area contributed by atoms with Crippen LogP contribution in [0.25, 0.3) is 0 Å². The van der Waals surface area contributed by atoms with E-state index in [1.807, 2.05) is 0 Å². The van der Waals surface area contributed by atoms with Crippen molar-refractivity contribution in [2.75, 3.05) is 11.9 Å². The smallest absolute Gasteiger partial charge is 0.291 e. The lowest BCUT2D eigenvalue weighted by atomic mass is 10.2. The number of hydrogen-bond acceptors (Lipinski definition) is 5. The number of anilines is 1. The zero-order valence-electron chi connectivity index (χ0n) is 9.23. The first kappa shape index (κ1) is 12.3. The number of aromatic nitrogens is 1. The van der Waals surface area contributed by atoms with Crippen LogP contribution in [0.3, 0.4) is 0 Å². The molecular weight excluding hydrogens is 290 g/mol. The van der Waals surface area contributed by atoms with Gasteiger partial charge in [0.2, 0.25) is 0 Å². The van der Waals surface area contributed by atoms with Gasteiger partial charge in [-0.15, -0.1) is 0 Å². The van der Waals surface area contributed by atoms with Gasteiger partial charge in [-0.2, -0.15) is 0 Å². The molecule has 92 valence electrons. The number of halogens is 1. The van der Waals surface area contributed by atoms with Crippen LogP contribution in [0.15, 0.2) is 10.7 Å². The molecule has 0 bridgehead atoms. The predicted octanol–water partition coefficient (Wildman–Crippen LogP) is 2.00. The van der Waals surface area contributed by atoms with Gasteiger partial charge in [0.05, 0.1) is 21.5 Å². The second-order valence-corrected chi connectivity index (χ2v) is 5.04. The Labute approximate surface area is 106 Å². The predicted molar refractivity (Wildman–Crippen MR) is 66.0 cm³/mol. The molecule has 1 aromatic rings. The average Bonchev–Trinajstić information content (AvgIpc) is 3.05. The number of aliphatic hydroxyl groups excluding tert-OH is 1. The maximum absolute atomic E-state index is 10.7. The summed E-state index contributed by atoms with van der Waals surface area (Å²) in [6, 6.07) is 0. The normalized spacial score (nSPS) is 16.6. The summed E-state index contributed by atoms with van der Waals surface area (Å²) in [7, 11) is 0. The molecule has 1 aliphatic rings. The van der Waals surface area contributed by atoms with Crippen molar-refractivity contribution in [3.05, 3.63) is 26.3 Å². The standard InChI is InChI=1S/C10H12BrN3O3/c1-6-7(14(16)17)4-12-9(8(6)11)13-10(5-15)2-3-10/h4,15H,2-3,5H2,1H3,(H,12,13). The summed E-state index contributed by atoms with van der Waals surface area (Å²) in [6.45, 7) is 1.70. The van der Waals surface area contributed by atoms with Crippen LogP contribution in [0.2, 0.25) is 0 Å². The number of rotatable bonds is 4. The molecule has 1 fully saturated rings. The molecule has 0 aromatic carbocycles. The third-order valence-electron chi connectivity index (χ3n) is 2.97. The lowest BCUT2D eigenvalue weighted by Gasteiger charge is -2.16. The van der Waals surface area contributed by atoms with E-state index < -0.39 is 4.92 Å². The Morgan fingerprint density at radius 1 is 1.71 bits per heavy atom. The minimum absolute atomic E-state index is 0.0173. The second kappa shape index (κ2) is 4.23. The van der Waals surface area contributed by atoms with Gasteiger partial charge in [0, 0.05) is 5.56 Å². The minimum atomic E-state index is -0.462. The second-order valence-electron chi connectivity index (χ2n) is 4.25. The number of nitrogens with zero attached hydrogens (tertiary/aromatic N) is 2. The Morgan fingerprint density at radius 3 is 2.82 bits per heavy atom. The van der Waals surface area contributed by atoms with E-state index in [1.165, 1.54) is 6.20 Å². The summed E-state index contributed by atoms with van der Waals surface area (Å²) >= 11 is 3.30. The molecule has 2 N–H and O–H groups in total. The van der Waals surface area contributed by atoms with Crippen molar-refractivity contribution in [1.82, 2.24) is 4.98 Å². The van der Waals surface area contributed by atoms with Crippen LogP contribution in [0.5, 0.6) is 0 Å². The molecule has 0 atom stereocenters. The van der Waals surface area contributed by atoms with Gasteiger partial charge in [-0.25, -0.2) is 4.98 Å². The molecule has 0 spiro atoms. The molecule has 0 amide bonds. The largest absolute Gasteiger partial charge is 0.394 e. The van der Waals surface area contributed by atoms with Crippen molar-refractivity contribution < 1.29 is 10.0 Å². The Bertz CT molecular complexity index is 474. The first-order chi connectivity index (χ1) is 7.99. The molecular formula is C10H12BrN3O3. The molecule has 2 rings (SSSR count). The van der Waals surface area contributed by atoms with Crippen LogP contribution in [0.1, 0.15) is 18.4 Å². The highest BCUT2D eigenvalue weighted by molar-refractivity contribution is 9.10. The zero-order valence-corrected chi connectivity index (χ0v) is 10.8. The zero-order chi connectivity index (χ0) is 12.6. The fourth-order valence-electron chi connectivity index (χ4n) is 1.57. The Balaban J connectivity index is 2.31. The van der Waals surface area contributed by atoms with Crippen LogP contribution in [0, 0.1) is 17.0 Å². The van der Waals surface area contributed by atoms with Crippen molar-refractivity contribution in [2.24, 2.45) is 0 Å². The van der Waals surface area contributed by atoms with Gasteiger partial charge in [0.15, 0.2) is 0 Å². The Morgan fingerprint density at radius 2 is 2.35 bits per heavy atom. The van der Waals surface area contributed by atoms with Crippen molar-refractivity contribution in [3.63, 3.8) is 0 Å². The van der Waals surface area contributed by atoms with Gasteiger partial charge in [-0.05, 0) is 35.7 Å². The molecule has 6 nitrogen and oxygen atoms in total. The van der Waals surface area contributed by atoms with Crippen molar-refractivity contribution >= 4 is 27.4 Å². The highest BCUT2D eigenvalue weighted by Gasteiger charge is 2.42. The number of aliphatic hydroxyl groups is 1. The van der Waals surface area contributed by atoms with E-state index in [0.717, 1.165) is 12.8 Å². The van der Waals surface area contributed by atoms with Crippen molar-refractivity contribution in [3.8, 4) is 0 Å². The average molecular weight is 302 g/mol. The van der Waals surface area contributed by atoms with Gasteiger partial charge in [0.1, 0.15) is 12.0 Å². The van der Waals surface area contributed by atoms with E-state index in [4.69, 9.17) is 0 Å². The lowest BCUT2D eigenvalue weighted by Crippen LogP contribution is -2.26. The number of nitro groups is 1. The maximum atomic E-state index is 10.7.